The second-order valence-corrected chi connectivity index (χ2v) is 4.09. The highest BCUT2D eigenvalue weighted by atomic mass is 19.3. The lowest BCUT2D eigenvalue weighted by Gasteiger charge is -2.24. The molecule has 0 bridgehead atoms. The first-order valence-electron chi connectivity index (χ1n) is 5.32. The Bertz CT molecular complexity index is 324. The summed E-state index contributed by atoms with van der Waals surface area (Å²) in [5, 5.41) is 0. The third-order valence-electron chi connectivity index (χ3n) is 2.94. The number of para-hydroxylation sites is 1. The molecule has 1 atom stereocenters. The van der Waals surface area contributed by atoms with Crippen LogP contribution in [0.25, 0.3) is 0 Å². The minimum atomic E-state index is -2.53. The monoisotopic (exact) mass is 211 g/mol. The van der Waals surface area contributed by atoms with Gasteiger partial charge in [0.05, 0.1) is 6.54 Å². The Kier molecular flexibility index (Phi) is 2.63. The molecule has 82 valence electrons. The number of nitrogens with zero attached hydrogens (tertiary/aromatic N) is 1. The molecule has 0 aliphatic carbocycles. The van der Waals surface area contributed by atoms with Crippen LogP contribution >= 0.6 is 0 Å². The largest absolute Gasteiger partial charge is 0.362 e. The predicted octanol–water partition coefficient (Wildman–Crippen LogP) is 3.31. The number of hydrogen-bond donors (Lipinski definition) is 0. The van der Waals surface area contributed by atoms with Gasteiger partial charge in [0, 0.05) is 18.2 Å². The second-order valence-electron chi connectivity index (χ2n) is 4.09. The van der Waals surface area contributed by atoms with Gasteiger partial charge in [0.15, 0.2) is 0 Å². The van der Waals surface area contributed by atoms with Gasteiger partial charge in [-0.2, -0.15) is 0 Å². The van der Waals surface area contributed by atoms with Crippen molar-refractivity contribution >= 4 is 5.69 Å². The predicted molar refractivity (Wildman–Crippen MR) is 57.4 cm³/mol. The highest BCUT2D eigenvalue weighted by Gasteiger charge is 2.43. The molecule has 1 fully saturated rings. The van der Waals surface area contributed by atoms with E-state index >= 15 is 0 Å². The highest BCUT2D eigenvalue weighted by molar-refractivity contribution is 5.48. The topological polar surface area (TPSA) is 3.24 Å². The van der Waals surface area contributed by atoms with Gasteiger partial charge >= 0.3 is 0 Å². The van der Waals surface area contributed by atoms with Crippen LogP contribution in [-0.4, -0.2) is 18.5 Å². The molecule has 1 aliphatic heterocycles. The highest BCUT2D eigenvalue weighted by Crippen LogP contribution is 2.36. The summed E-state index contributed by atoms with van der Waals surface area (Å²) in [6.45, 7) is 1.82. The molecule has 0 aromatic heterocycles. The smallest absolute Gasteiger partial charge is 0.267 e. The lowest BCUT2D eigenvalue weighted by molar-refractivity contribution is 0.0223. The fraction of sp³-hybridized carbons (Fsp3) is 0.500. The van der Waals surface area contributed by atoms with Crippen LogP contribution in [0.1, 0.15) is 19.8 Å². The first-order chi connectivity index (χ1) is 7.12. The molecule has 0 amide bonds. The van der Waals surface area contributed by atoms with Crippen molar-refractivity contribution in [1.82, 2.24) is 0 Å². The van der Waals surface area contributed by atoms with E-state index in [4.69, 9.17) is 0 Å². The summed E-state index contributed by atoms with van der Waals surface area (Å²) >= 11 is 0. The molecule has 15 heavy (non-hydrogen) atoms. The zero-order chi connectivity index (χ0) is 10.9. The summed E-state index contributed by atoms with van der Waals surface area (Å²) in [7, 11) is 0. The van der Waals surface area contributed by atoms with E-state index in [1.165, 1.54) is 0 Å². The van der Waals surface area contributed by atoms with Gasteiger partial charge in [0.1, 0.15) is 0 Å². The molecule has 1 heterocycles. The molecular weight excluding hydrogens is 196 g/mol. The van der Waals surface area contributed by atoms with E-state index in [-0.39, 0.29) is 19.0 Å². The summed E-state index contributed by atoms with van der Waals surface area (Å²) < 4.78 is 26.6. The third kappa shape index (κ3) is 2.11. The van der Waals surface area contributed by atoms with Crippen LogP contribution in [0.3, 0.4) is 0 Å². The average Bonchev–Trinajstić information content (AvgIpc) is 2.55. The van der Waals surface area contributed by atoms with Crippen molar-refractivity contribution in [2.24, 2.45) is 0 Å². The average molecular weight is 211 g/mol. The molecule has 1 saturated heterocycles. The standard InChI is InChI=1S/C12H15F2N/c1-2-10-8-12(13,14)9-15(10)11-6-4-3-5-7-11/h3-7,10H,2,8-9H2,1H3. The van der Waals surface area contributed by atoms with E-state index in [9.17, 15) is 8.78 Å². The van der Waals surface area contributed by atoms with Gasteiger partial charge in [-0.25, -0.2) is 8.78 Å². The number of benzene rings is 1. The SMILES string of the molecule is CCC1CC(F)(F)CN1c1ccccc1. The lowest BCUT2D eigenvalue weighted by Crippen LogP contribution is -2.29. The molecule has 1 aliphatic rings. The zero-order valence-electron chi connectivity index (χ0n) is 8.79. The Morgan fingerprint density at radius 3 is 2.60 bits per heavy atom. The van der Waals surface area contributed by atoms with Gasteiger partial charge in [-0.05, 0) is 18.6 Å². The van der Waals surface area contributed by atoms with Crippen LogP contribution in [0, 0.1) is 0 Å². The molecule has 1 aromatic rings. The maximum absolute atomic E-state index is 13.3. The molecule has 3 heteroatoms. The second kappa shape index (κ2) is 3.80. The fourth-order valence-corrected chi connectivity index (χ4v) is 2.18. The Morgan fingerprint density at radius 1 is 1.33 bits per heavy atom. The van der Waals surface area contributed by atoms with E-state index in [0.717, 1.165) is 12.1 Å². The summed E-state index contributed by atoms with van der Waals surface area (Å²) in [5.74, 6) is -2.53. The first-order valence-corrected chi connectivity index (χ1v) is 5.32. The van der Waals surface area contributed by atoms with Crippen LogP contribution in [0.15, 0.2) is 30.3 Å². The minimum Gasteiger partial charge on any atom is -0.362 e. The van der Waals surface area contributed by atoms with Crippen molar-refractivity contribution in [3.8, 4) is 0 Å². The van der Waals surface area contributed by atoms with Gasteiger partial charge in [0.2, 0.25) is 0 Å². The van der Waals surface area contributed by atoms with E-state index in [1.54, 1.807) is 0 Å². The van der Waals surface area contributed by atoms with E-state index in [1.807, 2.05) is 42.2 Å². The van der Waals surface area contributed by atoms with E-state index in [2.05, 4.69) is 0 Å². The molecule has 0 saturated carbocycles. The maximum atomic E-state index is 13.3. The molecule has 0 spiro atoms. The Hall–Kier alpha value is -1.12. The summed E-state index contributed by atoms with van der Waals surface area (Å²) in [5.41, 5.74) is 0.904. The van der Waals surface area contributed by atoms with Crippen LogP contribution in [0.5, 0.6) is 0 Å². The van der Waals surface area contributed by atoms with Gasteiger partial charge in [-0.3, -0.25) is 0 Å². The van der Waals surface area contributed by atoms with Gasteiger partial charge in [-0.1, -0.05) is 25.1 Å². The van der Waals surface area contributed by atoms with E-state index in [0.29, 0.717) is 0 Å². The first kappa shape index (κ1) is 10.4. The number of halogens is 2. The van der Waals surface area contributed by atoms with Crippen molar-refractivity contribution < 1.29 is 8.78 Å². The van der Waals surface area contributed by atoms with Crippen molar-refractivity contribution in [3.63, 3.8) is 0 Å². The maximum Gasteiger partial charge on any atom is 0.267 e. The Labute approximate surface area is 88.7 Å². The molecule has 1 nitrogen and oxygen atoms in total. The minimum absolute atomic E-state index is 0.0155. The summed E-state index contributed by atoms with van der Waals surface area (Å²) in [6.07, 6.45) is 0.753. The number of anilines is 1. The quantitative estimate of drug-likeness (QED) is 0.725. The molecule has 2 rings (SSSR count). The van der Waals surface area contributed by atoms with E-state index < -0.39 is 5.92 Å². The molecule has 0 N–H and O–H groups in total. The zero-order valence-corrected chi connectivity index (χ0v) is 8.79. The van der Waals surface area contributed by atoms with Crippen molar-refractivity contribution in [2.45, 2.75) is 31.7 Å². The summed E-state index contributed by atoms with van der Waals surface area (Å²) in [4.78, 5) is 1.82. The molecular formula is C12H15F2N. The van der Waals surface area contributed by atoms with Gasteiger partial charge in [-0.15, -0.1) is 0 Å². The molecule has 1 unspecified atom stereocenters. The van der Waals surface area contributed by atoms with Crippen molar-refractivity contribution in [2.75, 3.05) is 11.4 Å². The number of hydrogen-bond acceptors (Lipinski definition) is 1. The van der Waals surface area contributed by atoms with Crippen molar-refractivity contribution in [1.29, 1.82) is 0 Å². The van der Waals surface area contributed by atoms with Gasteiger partial charge in [0.25, 0.3) is 5.92 Å². The number of rotatable bonds is 2. The molecule has 0 radical (unpaired) electrons. The summed E-state index contributed by atoms with van der Waals surface area (Å²) in [6, 6.07) is 9.44. The lowest BCUT2D eigenvalue weighted by atomic mass is 10.1. The van der Waals surface area contributed by atoms with Crippen LogP contribution < -0.4 is 4.90 Å². The Balaban J connectivity index is 2.22. The van der Waals surface area contributed by atoms with Crippen LogP contribution in [-0.2, 0) is 0 Å². The normalized spacial score (nSPS) is 24.5. The van der Waals surface area contributed by atoms with Crippen molar-refractivity contribution in [3.05, 3.63) is 30.3 Å². The molecule has 1 aromatic carbocycles. The fourth-order valence-electron chi connectivity index (χ4n) is 2.18. The van der Waals surface area contributed by atoms with Gasteiger partial charge < -0.3 is 4.90 Å². The van der Waals surface area contributed by atoms with Crippen LogP contribution in [0.2, 0.25) is 0 Å². The Morgan fingerprint density at radius 2 is 2.00 bits per heavy atom. The third-order valence-corrected chi connectivity index (χ3v) is 2.94. The number of alkyl halides is 2. The van der Waals surface area contributed by atoms with Crippen LogP contribution in [0.4, 0.5) is 14.5 Å².